The van der Waals surface area contributed by atoms with E-state index in [0.29, 0.717) is 47.3 Å². The molecule has 2 aliphatic rings. The zero-order valence-corrected chi connectivity index (χ0v) is 19.3. The van der Waals surface area contributed by atoms with Crippen molar-refractivity contribution in [1.82, 2.24) is 9.78 Å². The molecule has 3 heterocycles. The molecule has 0 amide bonds. The van der Waals surface area contributed by atoms with E-state index in [4.69, 9.17) is 24.0 Å². The summed E-state index contributed by atoms with van der Waals surface area (Å²) in [5, 5.41) is 4.81. The van der Waals surface area contributed by atoms with Gasteiger partial charge in [-0.05, 0) is 54.6 Å². The van der Waals surface area contributed by atoms with Gasteiger partial charge in [0.15, 0.2) is 17.3 Å². The van der Waals surface area contributed by atoms with Gasteiger partial charge in [0.25, 0.3) is 0 Å². The highest BCUT2D eigenvalue weighted by molar-refractivity contribution is 6.15. The quantitative estimate of drug-likeness (QED) is 0.309. The van der Waals surface area contributed by atoms with Crippen LogP contribution in [-0.4, -0.2) is 41.9 Å². The number of carbonyl (C=O) groups excluding carboxylic acids is 2. The van der Waals surface area contributed by atoms with Crippen molar-refractivity contribution in [2.45, 2.75) is 0 Å². The van der Waals surface area contributed by atoms with Crippen LogP contribution in [0.25, 0.3) is 23.0 Å². The maximum atomic E-state index is 13.2. The number of para-hydroxylation sites is 1. The second-order valence-electron chi connectivity index (χ2n) is 8.21. The second-order valence-corrected chi connectivity index (χ2v) is 8.21. The minimum Gasteiger partial charge on any atom is -0.486 e. The molecular formula is C28H20N2O6. The first-order chi connectivity index (χ1) is 17.6. The summed E-state index contributed by atoms with van der Waals surface area (Å²) in [6, 6.07) is 20.0. The molecule has 6 rings (SSSR count). The zero-order valence-electron chi connectivity index (χ0n) is 19.3. The van der Waals surface area contributed by atoms with Gasteiger partial charge in [0.1, 0.15) is 24.7 Å². The van der Waals surface area contributed by atoms with E-state index >= 15 is 0 Å². The molecule has 0 spiro atoms. The average Bonchev–Trinajstić information content (AvgIpc) is 3.49. The van der Waals surface area contributed by atoms with Gasteiger partial charge in [-0.25, -0.2) is 9.48 Å². The number of aromatic nitrogens is 2. The topological polar surface area (TPSA) is 88.9 Å². The molecule has 4 aromatic rings. The number of benzene rings is 3. The van der Waals surface area contributed by atoms with E-state index in [9.17, 15) is 9.59 Å². The first-order valence-electron chi connectivity index (χ1n) is 11.3. The first kappa shape index (κ1) is 21.7. The summed E-state index contributed by atoms with van der Waals surface area (Å²) in [6.07, 6.45) is 3.51. The van der Waals surface area contributed by atoms with Gasteiger partial charge >= 0.3 is 5.97 Å². The molecule has 0 bridgehead atoms. The lowest BCUT2D eigenvalue weighted by Gasteiger charge is -2.18. The lowest BCUT2D eigenvalue weighted by atomic mass is 10.0. The van der Waals surface area contributed by atoms with Gasteiger partial charge in [0.05, 0.1) is 23.9 Å². The van der Waals surface area contributed by atoms with Crippen molar-refractivity contribution in [3.8, 4) is 34.2 Å². The van der Waals surface area contributed by atoms with Crippen LogP contribution in [0.2, 0.25) is 0 Å². The number of hydrogen-bond acceptors (Lipinski definition) is 7. The fourth-order valence-corrected chi connectivity index (χ4v) is 4.20. The van der Waals surface area contributed by atoms with Crippen LogP contribution in [0.3, 0.4) is 0 Å². The third kappa shape index (κ3) is 3.78. The molecule has 0 aliphatic carbocycles. The Labute approximate surface area is 206 Å². The van der Waals surface area contributed by atoms with E-state index in [1.807, 2.05) is 54.7 Å². The van der Waals surface area contributed by atoms with E-state index in [1.165, 1.54) is 13.2 Å². The SMILES string of the molecule is COC(=O)c1ccc2c(c1)C(=O)/C(=C\c1cn(-c3ccccc3)nc1-c1ccc3c(c1)OCCO3)O2. The molecule has 0 radical (unpaired) electrons. The van der Waals surface area contributed by atoms with Crippen LogP contribution in [0.5, 0.6) is 17.2 Å². The fourth-order valence-electron chi connectivity index (χ4n) is 4.20. The standard InChI is InChI=1S/C28H20N2O6/c1-33-28(32)18-8-9-22-21(13-18)27(31)25(36-22)15-19-16-30(20-5-3-2-4-6-20)29-26(19)17-7-10-23-24(14-17)35-12-11-34-23/h2-10,13-16H,11-12H2,1H3/b25-15+. The molecule has 8 nitrogen and oxygen atoms in total. The Morgan fingerprint density at radius 2 is 1.75 bits per heavy atom. The Kier molecular flexibility index (Phi) is 5.26. The highest BCUT2D eigenvalue weighted by Crippen LogP contribution is 2.37. The van der Waals surface area contributed by atoms with Crippen molar-refractivity contribution in [2.75, 3.05) is 20.3 Å². The number of nitrogens with zero attached hydrogens (tertiary/aromatic N) is 2. The number of rotatable bonds is 4. The Morgan fingerprint density at radius 1 is 0.972 bits per heavy atom. The Balaban J connectivity index is 1.43. The summed E-state index contributed by atoms with van der Waals surface area (Å²) in [5.41, 5.74) is 3.58. The molecule has 8 heteroatoms. The van der Waals surface area contributed by atoms with Gasteiger partial charge in [0.2, 0.25) is 5.78 Å². The van der Waals surface area contributed by atoms with Crippen molar-refractivity contribution in [3.63, 3.8) is 0 Å². The van der Waals surface area contributed by atoms with Crippen molar-refractivity contribution >= 4 is 17.8 Å². The van der Waals surface area contributed by atoms with Crippen LogP contribution in [0.15, 0.2) is 78.7 Å². The van der Waals surface area contributed by atoms with Gasteiger partial charge in [-0.1, -0.05) is 18.2 Å². The molecular weight excluding hydrogens is 460 g/mol. The molecule has 2 aliphatic heterocycles. The molecule has 0 fully saturated rings. The molecule has 0 saturated heterocycles. The van der Waals surface area contributed by atoms with Gasteiger partial charge < -0.3 is 18.9 Å². The predicted molar refractivity (Wildman–Crippen MR) is 131 cm³/mol. The smallest absolute Gasteiger partial charge is 0.337 e. The molecule has 36 heavy (non-hydrogen) atoms. The maximum absolute atomic E-state index is 13.2. The number of ketones is 1. The summed E-state index contributed by atoms with van der Waals surface area (Å²) in [7, 11) is 1.29. The van der Waals surface area contributed by atoms with Crippen LogP contribution in [-0.2, 0) is 4.74 Å². The summed E-state index contributed by atoms with van der Waals surface area (Å²) in [4.78, 5) is 25.1. The fraction of sp³-hybridized carbons (Fsp3) is 0.107. The molecule has 1 aromatic heterocycles. The summed E-state index contributed by atoms with van der Waals surface area (Å²) in [6.45, 7) is 0.976. The third-order valence-corrected chi connectivity index (χ3v) is 5.95. The Bertz CT molecular complexity index is 1540. The van der Waals surface area contributed by atoms with Gasteiger partial charge in [-0.2, -0.15) is 5.10 Å². The largest absolute Gasteiger partial charge is 0.486 e. The molecule has 178 valence electrons. The van der Waals surface area contributed by atoms with Crippen LogP contribution >= 0.6 is 0 Å². The number of esters is 1. The van der Waals surface area contributed by atoms with Crippen molar-refractivity contribution in [3.05, 3.63) is 95.4 Å². The van der Waals surface area contributed by atoms with Gasteiger partial charge in [-0.15, -0.1) is 0 Å². The van der Waals surface area contributed by atoms with E-state index in [2.05, 4.69) is 0 Å². The third-order valence-electron chi connectivity index (χ3n) is 5.95. The normalized spacial score (nSPS) is 14.9. The number of Topliss-reactive ketones (excluding diaryl/α,β-unsaturated/α-hetero) is 1. The second kappa shape index (κ2) is 8.74. The van der Waals surface area contributed by atoms with Crippen LogP contribution in [0, 0.1) is 0 Å². The van der Waals surface area contributed by atoms with E-state index in [0.717, 1.165) is 11.3 Å². The minimum atomic E-state index is -0.520. The van der Waals surface area contributed by atoms with Gasteiger partial charge in [0, 0.05) is 17.3 Å². The lowest BCUT2D eigenvalue weighted by molar-refractivity contribution is 0.0600. The number of methoxy groups -OCH3 is 1. The van der Waals surface area contributed by atoms with Crippen molar-refractivity contribution < 1.29 is 28.5 Å². The molecule has 3 aromatic carbocycles. The lowest BCUT2D eigenvalue weighted by Crippen LogP contribution is -2.15. The number of fused-ring (bicyclic) bond motifs is 2. The summed E-state index contributed by atoms with van der Waals surface area (Å²) >= 11 is 0. The van der Waals surface area contributed by atoms with E-state index in [-0.39, 0.29) is 17.1 Å². The number of carbonyl (C=O) groups is 2. The summed E-state index contributed by atoms with van der Waals surface area (Å²) < 4.78 is 23.8. The highest BCUT2D eigenvalue weighted by Gasteiger charge is 2.29. The van der Waals surface area contributed by atoms with Crippen molar-refractivity contribution in [1.29, 1.82) is 0 Å². The predicted octanol–water partition coefficient (Wildman–Crippen LogP) is 4.71. The highest BCUT2D eigenvalue weighted by atomic mass is 16.6. The number of allylic oxidation sites excluding steroid dienone is 1. The molecule has 0 atom stereocenters. The summed E-state index contributed by atoms with van der Waals surface area (Å²) in [5.74, 6) is 0.999. The number of hydrogen-bond donors (Lipinski definition) is 0. The van der Waals surface area contributed by atoms with Crippen LogP contribution < -0.4 is 14.2 Å². The maximum Gasteiger partial charge on any atom is 0.337 e. The minimum absolute atomic E-state index is 0.137. The Morgan fingerprint density at radius 3 is 2.56 bits per heavy atom. The average molecular weight is 480 g/mol. The molecule has 0 N–H and O–H groups in total. The zero-order chi connectivity index (χ0) is 24.6. The Hall–Kier alpha value is -4.85. The van der Waals surface area contributed by atoms with Crippen molar-refractivity contribution in [2.24, 2.45) is 0 Å². The van der Waals surface area contributed by atoms with Crippen LogP contribution in [0.1, 0.15) is 26.3 Å². The molecule has 0 saturated carbocycles. The van der Waals surface area contributed by atoms with E-state index in [1.54, 1.807) is 22.9 Å². The molecule has 0 unspecified atom stereocenters. The van der Waals surface area contributed by atoms with E-state index < -0.39 is 5.97 Å². The first-order valence-corrected chi connectivity index (χ1v) is 11.3. The van der Waals surface area contributed by atoms with Gasteiger partial charge in [-0.3, -0.25) is 4.79 Å². The van der Waals surface area contributed by atoms with Crippen LogP contribution in [0.4, 0.5) is 0 Å². The number of ether oxygens (including phenoxy) is 4. The monoisotopic (exact) mass is 480 g/mol.